The third-order valence-corrected chi connectivity index (χ3v) is 6.13. The summed E-state index contributed by atoms with van der Waals surface area (Å²) >= 11 is 0. The maximum Gasteiger partial charge on any atom is 0.322 e. The van der Waals surface area contributed by atoms with Crippen LogP contribution >= 0.6 is 0 Å². The molecular weight excluding hydrogens is 481 g/mol. The minimum absolute atomic E-state index is 0.131. The topological polar surface area (TPSA) is 79.3 Å². The molecule has 2 N–H and O–H groups in total. The number of halogens is 1. The molecule has 0 unspecified atom stereocenters. The first kappa shape index (κ1) is 26.6. The van der Waals surface area contributed by atoms with Crippen molar-refractivity contribution in [3.8, 4) is 16.9 Å². The van der Waals surface area contributed by atoms with Crippen LogP contribution in [-0.2, 0) is 11.2 Å². The van der Waals surface area contributed by atoms with Crippen LogP contribution in [0.3, 0.4) is 0 Å². The van der Waals surface area contributed by atoms with Crippen molar-refractivity contribution >= 4 is 23.4 Å². The predicted molar refractivity (Wildman–Crippen MR) is 149 cm³/mol. The second-order valence-corrected chi connectivity index (χ2v) is 8.97. The number of unbranched alkanes of at least 4 members (excludes halogenated alkanes) is 1. The Morgan fingerprint density at radius 3 is 2.29 bits per heavy atom. The SMILES string of the molecule is CCCCN(CC(=O)Nc1cc(-c2ccccc2)nn1-c1ccc(F)cc1)C(=O)Nc1ccc(CC)cc1. The van der Waals surface area contributed by atoms with Crippen molar-refractivity contribution in [2.75, 3.05) is 23.7 Å². The van der Waals surface area contributed by atoms with E-state index in [0.29, 0.717) is 29.4 Å². The van der Waals surface area contributed by atoms with Crippen LogP contribution in [0.2, 0.25) is 0 Å². The zero-order chi connectivity index (χ0) is 26.9. The second kappa shape index (κ2) is 12.7. The number of aryl methyl sites for hydroxylation is 1. The molecule has 8 heteroatoms. The molecule has 1 aromatic heterocycles. The van der Waals surface area contributed by atoms with Crippen molar-refractivity contribution in [1.82, 2.24) is 14.7 Å². The van der Waals surface area contributed by atoms with E-state index in [0.717, 1.165) is 24.8 Å². The van der Waals surface area contributed by atoms with E-state index in [2.05, 4.69) is 22.7 Å². The summed E-state index contributed by atoms with van der Waals surface area (Å²) in [5.41, 5.74) is 3.98. The van der Waals surface area contributed by atoms with Gasteiger partial charge in [0.1, 0.15) is 18.2 Å². The number of aromatic nitrogens is 2. The highest BCUT2D eigenvalue weighted by Crippen LogP contribution is 2.25. The lowest BCUT2D eigenvalue weighted by molar-refractivity contribution is -0.116. The maximum atomic E-state index is 13.6. The van der Waals surface area contributed by atoms with Crippen molar-refractivity contribution < 1.29 is 14.0 Å². The largest absolute Gasteiger partial charge is 0.322 e. The second-order valence-electron chi connectivity index (χ2n) is 8.97. The summed E-state index contributed by atoms with van der Waals surface area (Å²) in [6.07, 6.45) is 2.56. The molecule has 196 valence electrons. The van der Waals surface area contributed by atoms with Crippen molar-refractivity contribution in [2.45, 2.75) is 33.1 Å². The molecule has 0 saturated carbocycles. The average Bonchev–Trinajstić information content (AvgIpc) is 3.35. The molecular formula is C30H32FN5O2. The molecule has 0 spiro atoms. The Kier molecular flexibility index (Phi) is 8.87. The monoisotopic (exact) mass is 513 g/mol. The van der Waals surface area contributed by atoms with Crippen LogP contribution < -0.4 is 10.6 Å². The van der Waals surface area contributed by atoms with Gasteiger partial charge in [-0.05, 0) is 54.8 Å². The highest BCUT2D eigenvalue weighted by Gasteiger charge is 2.20. The van der Waals surface area contributed by atoms with Crippen LogP contribution in [0.4, 0.5) is 20.7 Å². The number of nitrogens with zero attached hydrogens (tertiary/aromatic N) is 3. The highest BCUT2D eigenvalue weighted by atomic mass is 19.1. The third kappa shape index (κ3) is 6.85. The van der Waals surface area contributed by atoms with Gasteiger partial charge in [0.15, 0.2) is 0 Å². The van der Waals surface area contributed by atoms with Gasteiger partial charge in [-0.3, -0.25) is 4.79 Å². The normalized spacial score (nSPS) is 10.7. The Bertz CT molecular complexity index is 1350. The summed E-state index contributed by atoms with van der Waals surface area (Å²) in [5, 5.41) is 10.4. The Balaban J connectivity index is 1.53. The summed E-state index contributed by atoms with van der Waals surface area (Å²) in [4.78, 5) is 27.7. The zero-order valence-corrected chi connectivity index (χ0v) is 21.7. The zero-order valence-electron chi connectivity index (χ0n) is 21.7. The maximum absolute atomic E-state index is 13.6. The van der Waals surface area contributed by atoms with Gasteiger partial charge in [-0.2, -0.15) is 5.10 Å². The van der Waals surface area contributed by atoms with Gasteiger partial charge in [-0.25, -0.2) is 13.9 Å². The van der Waals surface area contributed by atoms with Crippen LogP contribution in [0.15, 0.2) is 84.9 Å². The molecule has 7 nitrogen and oxygen atoms in total. The number of benzene rings is 3. The fraction of sp³-hybridized carbons (Fsp3) is 0.233. The number of rotatable bonds is 10. The molecule has 0 aliphatic heterocycles. The Morgan fingerprint density at radius 1 is 0.921 bits per heavy atom. The van der Waals surface area contributed by atoms with E-state index in [1.807, 2.05) is 61.5 Å². The quantitative estimate of drug-likeness (QED) is 0.254. The molecule has 0 radical (unpaired) electrons. The summed E-state index contributed by atoms with van der Waals surface area (Å²) in [7, 11) is 0. The van der Waals surface area contributed by atoms with E-state index >= 15 is 0 Å². The lowest BCUT2D eigenvalue weighted by Crippen LogP contribution is -2.41. The molecule has 0 fully saturated rings. The molecule has 4 rings (SSSR count). The summed E-state index contributed by atoms with van der Waals surface area (Å²) < 4.78 is 15.1. The van der Waals surface area contributed by atoms with E-state index < -0.39 is 0 Å². The van der Waals surface area contributed by atoms with Gasteiger partial charge in [-0.15, -0.1) is 0 Å². The van der Waals surface area contributed by atoms with Crippen molar-refractivity contribution in [2.24, 2.45) is 0 Å². The average molecular weight is 514 g/mol. The summed E-state index contributed by atoms with van der Waals surface area (Å²) in [6.45, 7) is 4.42. The lowest BCUT2D eigenvalue weighted by atomic mass is 10.1. The number of nitrogens with one attached hydrogen (secondary N) is 2. The Labute approximate surface area is 222 Å². The Morgan fingerprint density at radius 2 is 1.63 bits per heavy atom. The lowest BCUT2D eigenvalue weighted by Gasteiger charge is -2.22. The minimum atomic E-state index is -0.364. The fourth-order valence-corrected chi connectivity index (χ4v) is 3.98. The van der Waals surface area contributed by atoms with Crippen LogP contribution in [0, 0.1) is 5.82 Å². The first-order valence-corrected chi connectivity index (χ1v) is 12.8. The molecule has 0 aliphatic carbocycles. The molecule has 0 bridgehead atoms. The number of amides is 3. The van der Waals surface area contributed by atoms with Gasteiger partial charge >= 0.3 is 6.03 Å². The smallest absolute Gasteiger partial charge is 0.315 e. The molecule has 3 amide bonds. The van der Waals surface area contributed by atoms with E-state index in [4.69, 9.17) is 0 Å². The molecule has 38 heavy (non-hydrogen) atoms. The first-order chi connectivity index (χ1) is 18.5. The number of carbonyl (C=O) groups is 2. The van der Waals surface area contributed by atoms with Crippen molar-refractivity contribution in [3.63, 3.8) is 0 Å². The molecule has 0 saturated heterocycles. The molecule has 0 atom stereocenters. The third-order valence-electron chi connectivity index (χ3n) is 6.13. The van der Waals surface area contributed by atoms with Crippen molar-refractivity contribution in [3.05, 3.63) is 96.3 Å². The van der Waals surface area contributed by atoms with Gasteiger partial charge in [0.25, 0.3) is 0 Å². The first-order valence-electron chi connectivity index (χ1n) is 12.8. The van der Waals surface area contributed by atoms with E-state index in [9.17, 15) is 14.0 Å². The van der Waals surface area contributed by atoms with Gasteiger partial charge < -0.3 is 15.5 Å². The van der Waals surface area contributed by atoms with E-state index in [-0.39, 0.29) is 24.3 Å². The summed E-state index contributed by atoms with van der Waals surface area (Å²) in [5.74, 6) is -0.302. The number of urea groups is 1. The molecule has 0 aliphatic rings. The number of hydrogen-bond acceptors (Lipinski definition) is 3. The van der Waals surface area contributed by atoms with Gasteiger partial charge in [0, 0.05) is 23.9 Å². The number of anilines is 2. The van der Waals surface area contributed by atoms with Gasteiger partial charge in [-0.1, -0.05) is 62.7 Å². The molecule has 1 heterocycles. The van der Waals surface area contributed by atoms with E-state index in [1.165, 1.54) is 22.6 Å². The minimum Gasteiger partial charge on any atom is -0.315 e. The van der Waals surface area contributed by atoms with Crippen LogP contribution in [0.1, 0.15) is 32.3 Å². The van der Waals surface area contributed by atoms with Crippen LogP contribution in [-0.4, -0.2) is 39.7 Å². The van der Waals surface area contributed by atoms with Crippen LogP contribution in [0.5, 0.6) is 0 Å². The fourth-order valence-electron chi connectivity index (χ4n) is 3.98. The Hall–Kier alpha value is -4.46. The number of hydrogen-bond donors (Lipinski definition) is 2. The van der Waals surface area contributed by atoms with Crippen LogP contribution in [0.25, 0.3) is 16.9 Å². The number of carbonyl (C=O) groups excluding carboxylic acids is 2. The van der Waals surface area contributed by atoms with Gasteiger partial charge in [0.05, 0.1) is 11.4 Å². The highest BCUT2D eigenvalue weighted by molar-refractivity contribution is 5.97. The standard InChI is InChI=1S/C30H32FN5O2/c1-3-5-19-35(30(38)32-25-15-11-22(4-2)12-16-25)21-29(37)33-28-20-27(23-9-7-6-8-10-23)34-36(28)26-17-13-24(31)14-18-26/h6-18,20H,3-5,19,21H2,1-2H3,(H,32,38)(H,33,37). The summed E-state index contributed by atoms with van der Waals surface area (Å²) in [6, 6.07) is 24.5. The van der Waals surface area contributed by atoms with Crippen molar-refractivity contribution in [1.29, 1.82) is 0 Å². The molecule has 4 aromatic rings. The molecule has 3 aromatic carbocycles. The van der Waals surface area contributed by atoms with Gasteiger partial charge in [0.2, 0.25) is 5.91 Å². The predicted octanol–water partition coefficient (Wildman–Crippen LogP) is 6.51. The van der Waals surface area contributed by atoms with E-state index in [1.54, 1.807) is 22.9 Å².